The molecule has 0 aliphatic rings. The molecule has 0 aliphatic heterocycles. The summed E-state index contributed by atoms with van der Waals surface area (Å²) in [5, 5.41) is 41.5. The number of ether oxygens (including phenoxy) is 2. The van der Waals surface area contributed by atoms with Crippen LogP contribution < -0.4 is 14.8 Å². The zero-order valence-electron chi connectivity index (χ0n) is 27.2. The van der Waals surface area contributed by atoms with Gasteiger partial charge in [-0.25, -0.2) is 0 Å². The van der Waals surface area contributed by atoms with Gasteiger partial charge in [0.2, 0.25) is 0 Å². The molecule has 0 aliphatic carbocycles. The molecule has 0 heterocycles. The third-order valence-electron chi connectivity index (χ3n) is 7.76. The van der Waals surface area contributed by atoms with Gasteiger partial charge >= 0.3 is 0 Å². The average molecular weight is 799 g/mol. The van der Waals surface area contributed by atoms with Crippen LogP contribution in [0.25, 0.3) is 21.5 Å². The molecule has 6 rings (SSSR count). The van der Waals surface area contributed by atoms with E-state index in [2.05, 4.69) is 25.8 Å². The van der Waals surface area contributed by atoms with E-state index in [-0.39, 0.29) is 22.2 Å². The van der Waals surface area contributed by atoms with Gasteiger partial charge in [-0.05, 0) is 83.6 Å². The number of hydrogen-bond donors (Lipinski definition) is 5. The summed E-state index contributed by atoms with van der Waals surface area (Å²) in [6.45, 7) is 0. The lowest BCUT2D eigenvalue weighted by Gasteiger charge is -2.14. The Hall–Kier alpha value is -5.56. The number of phenols is 2. The third kappa shape index (κ3) is 7.66. The number of nitrogens with zero attached hydrogens (tertiary/aromatic N) is 4. The summed E-state index contributed by atoms with van der Waals surface area (Å²) in [5.74, 6) is -0.597. The van der Waals surface area contributed by atoms with Crippen LogP contribution in [0.3, 0.4) is 0 Å². The van der Waals surface area contributed by atoms with Crippen LogP contribution in [0.1, 0.15) is 0 Å². The molecule has 0 fully saturated rings. The first-order valence-electron chi connectivity index (χ1n) is 14.9. The van der Waals surface area contributed by atoms with Crippen molar-refractivity contribution in [2.24, 2.45) is 20.5 Å². The van der Waals surface area contributed by atoms with Crippen LogP contribution in [0.15, 0.2) is 115 Å². The van der Waals surface area contributed by atoms with Gasteiger partial charge in [0, 0.05) is 22.1 Å². The Labute approximate surface area is 311 Å². The van der Waals surface area contributed by atoms with Crippen LogP contribution in [-0.4, -0.2) is 50.4 Å². The van der Waals surface area contributed by atoms with Gasteiger partial charge in [-0.1, -0.05) is 35.3 Å². The lowest BCUT2D eigenvalue weighted by Crippen LogP contribution is -2.01. The topological polar surface area (TPSA) is 229 Å². The summed E-state index contributed by atoms with van der Waals surface area (Å²) in [4.78, 5) is -1.42. The van der Waals surface area contributed by atoms with Crippen LogP contribution in [0.2, 0.25) is 10.0 Å². The molecule has 53 heavy (non-hydrogen) atoms. The average Bonchev–Trinajstić information content (AvgIpc) is 3.11. The maximum absolute atomic E-state index is 12.6. The maximum Gasteiger partial charge on any atom is 0.296 e. The van der Waals surface area contributed by atoms with Crippen LogP contribution in [0, 0.1) is 0 Å². The van der Waals surface area contributed by atoms with Gasteiger partial charge in [0.05, 0.1) is 29.2 Å². The molecule has 5 N–H and O–H groups in total. The second kappa shape index (κ2) is 14.5. The number of benzene rings is 6. The van der Waals surface area contributed by atoms with Crippen molar-refractivity contribution in [2.75, 3.05) is 19.5 Å². The molecule has 0 aromatic heterocycles. The Kier molecular flexibility index (Phi) is 10.1. The number of para-hydroxylation sites is 1. The van der Waals surface area contributed by atoms with E-state index >= 15 is 0 Å². The van der Waals surface area contributed by atoms with Crippen LogP contribution in [0.5, 0.6) is 23.0 Å². The van der Waals surface area contributed by atoms with Crippen molar-refractivity contribution in [1.29, 1.82) is 0 Å². The summed E-state index contributed by atoms with van der Waals surface area (Å²) in [7, 11) is -7.00. The molecular weight excluding hydrogens is 773 g/mol. The lowest BCUT2D eigenvalue weighted by molar-refractivity contribution is 0.419. The number of nitrogens with one attached hydrogen (secondary N) is 1. The number of halogens is 2. The highest BCUT2D eigenvalue weighted by Crippen LogP contribution is 2.45. The zero-order valence-corrected chi connectivity index (χ0v) is 30.3. The Morgan fingerprint density at radius 1 is 0.604 bits per heavy atom. The minimum absolute atomic E-state index is 0.127. The van der Waals surface area contributed by atoms with Gasteiger partial charge in [0.1, 0.15) is 27.6 Å². The molecule has 0 radical (unpaired) electrons. The second-order valence-corrected chi connectivity index (χ2v) is 14.7. The van der Waals surface area contributed by atoms with Gasteiger partial charge < -0.3 is 25.0 Å². The largest absolute Gasteiger partial charge is 0.504 e. The highest BCUT2D eigenvalue weighted by Gasteiger charge is 2.24. The van der Waals surface area contributed by atoms with E-state index in [1.807, 2.05) is 12.1 Å². The highest BCUT2D eigenvalue weighted by atomic mass is 35.5. The normalized spacial score (nSPS) is 12.3. The summed E-state index contributed by atoms with van der Waals surface area (Å²) in [6.07, 6.45) is 0. The summed E-state index contributed by atoms with van der Waals surface area (Å²) < 4.78 is 79.1. The molecule has 0 unspecified atom stereocenters. The van der Waals surface area contributed by atoms with Crippen molar-refractivity contribution >= 4 is 99.1 Å². The molecule has 6 aromatic carbocycles. The minimum Gasteiger partial charge on any atom is -0.504 e. The number of fused-ring (bicyclic) bond motifs is 2. The van der Waals surface area contributed by atoms with Crippen molar-refractivity contribution in [1.82, 2.24) is 0 Å². The number of methoxy groups -OCH3 is 2. The van der Waals surface area contributed by atoms with E-state index in [0.29, 0.717) is 39.0 Å². The van der Waals surface area contributed by atoms with Gasteiger partial charge in [-0.2, -0.15) is 16.8 Å². The van der Waals surface area contributed by atoms with Crippen molar-refractivity contribution in [3.63, 3.8) is 0 Å². The maximum atomic E-state index is 12.6. The molecule has 0 amide bonds. The van der Waals surface area contributed by atoms with Crippen molar-refractivity contribution in [3.8, 4) is 23.0 Å². The highest BCUT2D eigenvalue weighted by molar-refractivity contribution is 7.86. The standard InChI is InChI=1S/C34H25Cl2N5O10S2/c1-50-33-22-9-7-19(12-17(22)6-11-27(33)39-38-26-5-3-4-24(35)31(26)42)37-20-8-10-23-18(13-20)14-29(53(47,48)49)30(34(23)51-2)41-40-28-16-21(52(44,45)46)15-25(36)32(28)43/h3-16,37,42-43H,1-2H3,(H,44,45,46)(H,47,48,49). The summed E-state index contributed by atoms with van der Waals surface area (Å²) in [6, 6.07) is 21.2. The van der Waals surface area contributed by atoms with Crippen LogP contribution in [0.4, 0.5) is 34.1 Å². The fourth-order valence-electron chi connectivity index (χ4n) is 5.32. The predicted octanol–water partition coefficient (Wildman–Crippen LogP) is 9.80. The van der Waals surface area contributed by atoms with Crippen molar-refractivity contribution < 1.29 is 45.6 Å². The van der Waals surface area contributed by atoms with E-state index in [4.69, 9.17) is 32.7 Å². The van der Waals surface area contributed by atoms with E-state index < -0.39 is 52.2 Å². The molecule has 0 saturated carbocycles. The number of azo groups is 2. The monoisotopic (exact) mass is 797 g/mol. The Balaban J connectivity index is 1.36. The van der Waals surface area contributed by atoms with E-state index in [1.54, 1.807) is 48.5 Å². The number of hydrogen-bond acceptors (Lipinski definition) is 13. The first kappa shape index (κ1) is 37.2. The smallest absolute Gasteiger partial charge is 0.296 e. The zero-order chi connectivity index (χ0) is 38.2. The molecule has 19 heteroatoms. The molecule has 0 spiro atoms. The van der Waals surface area contributed by atoms with Gasteiger partial charge in [-0.3, -0.25) is 9.11 Å². The molecule has 0 bridgehead atoms. The Morgan fingerprint density at radius 2 is 1.21 bits per heavy atom. The minimum atomic E-state index is -4.97. The fourth-order valence-corrected chi connectivity index (χ4v) is 6.95. The van der Waals surface area contributed by atoms with Gasteiger partial charge in [-0.15, -0.1) is 20.5 Å². The number of phenolic OH excluding ortho intramolecular Hbond substituents is 2. The van der Waals surface area contributed by atoms with Gasteiger partial charge in [0.15, 0.2) is 23.0 Å². The predicted molar refractivity (Wildman–Crippen MR) is 198 cm³/mol. The number of rotatable bonds is 10. The molecular formula is C34H25Cl2N5O10S2. The second-order valence-electron chi connectivity index (χ2n) is 11.1. The molecule has 0 saturated heterocycles. The third-order valence-corrected chi connectivity index (χ3v) is 10.1. The van der Waals surface area contributed by atoms with Crippen molar-refractivity contribution in [3.05, 3.63) is 95.0 Å². The number of aromatic hydroxyl groups is 2. The molecule has 0 atom stereocenters. The molecule has 272 valence electrons. The summed E-state index contributed by atoms with van der Waals surface area (Å²) in [5.41, 5.74) is 0.767. The van der Waals surface area contributed by atoms with Crippen LogP contribution >= 0.6 is 23.2 Å². The van der Waals surface area contributed by atoms with E-state index in [9.17, 15) is 36.2 Å². The molecule has 15 nitrogen and oxygen atoms in total. The van der Waals surface area contributed by atoms with Crippen LogP contribution in [-0.2, 0) is 20.2 Å². The summed E-state index contributed by atoms with van der Waals surface area (Å²) >= 11 is 11.9. The first-order valence-corrected chi connectivity index (χ1v) is 18.5. The van der Waals surface area contributed by atoms with E-state index in [1.165, 1.54) is 20.3 Å². The lowest BCUT2D eigenvalue weighted by atomic mass is 10.1. The first-order chi connectivity index (χ1) is 25.1. The Bertz CT molecular complexity index is 2750. The Morgan fingerprint density at radius 3 is 1.85 bits per heavy atom. The molecule has 6 aromatic rings. The fraction of sp³-hybridized carbons (Fsp3) is 0.0588. The number of anilines is 2. The quantitative estimate of drug-likeness (QED) is 0.0647. The van der Waals surface area contributed by atoms with Gasteiger partial charge in [0.25, 0.3) is 20.2 Å². The SMILES string of the molecule is COc1c(N=Nc2cccc(Cl)c2O)ccc2cc(Nc3ccc4c(OC)c(N=Nc5cc(S(=O)(=O)O)cc(Cl)c5O)c(S(=O)(=O)O)cc4c3)ccc12. The van der Waals surface area contributed by atoms with E-state index in [0.717, 1.165) is 23.6 Å². The van der Waals surface area contributed by atoms with Crippen molar-refractivity contribution in [2.45, 2.75) is 9.79 Å².